The highest BCUT2D eigenvalue weighted by atomic mass is 32.2. The molecule has 1 aliphatic rings. The molecule has 7 nitrogen and oxygen atoms in total. The van der Waals surface area contributed by atoms with E-state index in [0.29, 0.717) is 31.9 Å². The van der Waals surface area contributed by atoms with E-state index in [9.17, 15) is 8.42 Å². The second-order valence-corrected chi connectivity index (χ2v) is 9.56. The van der Waals surface area contributed by atoms with E-state index in [0.717, 1.165) is 39.2 Å². The number of nitrogens with two attached hydrogens (primary N) is 1. The summed E-state index contributed by atoms with van der Waals surface area (Å²) in [6, 6.07) is 15.9. The zero-order valence-corrected chi connectivity index (χ0v) is 18.4. The number of hydrogen-bond donors (Lipinski definition) is 2. The number of aromatic nitrogens is 1. The molecule has 4 rings (SSSR count). The van der Waals surface area contributed by atoms with E-state index in [1.165, 1.54) is 10.6 Å². The average Bonchev–Trinajstić information content (AvgIpc) is 2.78. The van der Waals surface area contributed by atoms with Gasteiger partial charge in [-0.1, -0.05) is 18.2 Å². The minimum absolute atomic E-state index is 0.401. The summed E-state index contributed by atoms with van der Waals surface area (Å²) in [6.07, 6.45) is 3.71. The molecule has 0 fully saturated rings. The minimum atomic E-state index is -3.20. The molecule has 1 aromatic heterocycles. The van der Waals surface area contributed by atoms with E-state index in [-0.39, 0.29) is 0 Å². The minimum Gasteiger partial charge on any atom is -0.481 e. The Morgan fingerprint density at radius 1 is 1.19 bits per heavy atom. The number of anilines is 2. The van der Waals surface area contributed by atoms with Crippen LogP contribution < -0.4 is 15.8 Å². The molecule has 0 radical (unpaired) electrons. The first kappa shape index (κ1) is 21.3. The van der Waals surface area contributed by atoms with Gasteiger partial charge in [-0.2, -0.15) is 4.31 Å². The van der Waals surface area contributed by atoms with Gasteiger partial charge >= 0.3 is 0 Å². The highest BCUT2D eigenvalue weighted by molar-refractivity contribution is 7.88. The number of benzene rings is 2. The van der Waals surface area contributed by atoms with Crippen molar-refractivity contribution in [3.05, 3.63) is 71.4 Å². The molecular formula is C23H26N4O3S. The third-order valence-electron chi connectivity index (χ3n) is 5.57. The van der Waals surface area contributed by atoms with Crippen LogP contribution in [0.5, 0.6) is 5.88 Å². The number of nitrogens with one attached hydrogen (secondary N) is 1. The Bertz CT molecular complexity index is 1190. The Morgan fingerprint density at radius 3 is 2.71 bits per heavy atom. The standard InChI is InChI=1S/C23H26N4O3S/c1-30-23-9-7-17(14-25-23)21-12-19(8-6-16(21)13-24)26-22-5-3-4-18-15-27(31(2,28)29)11-10-20(18)22/h3-9,12,14,26H,10-11,13,15,24H2,1-2H3. The van der Waals surface area contributed by atoms with Crippen molar-refractivity contribution in [3.63, 3.8) is 0 Å². The number of hydrogen-bond acceptors (Lipinski definition) is 6. The van der Waals surface area contributed by atoms with Gasteiger partial charge in [-0.3, -0.25) is 0 Å². The third kappa shape index (κ3) is 4.56. The molecule has 0 saturated heterocycles. The molecule has 0 amide bonds. The summed E-state index contributed by atoms with van der Waals surface area (Å²) < 4.78 is 30.5. The molecule has 3 N–H and O–H groups in total. The summed E-state index contributed by atoms with van der Waals surface area (Å²) in [7, 11) is -1.61. The first-order chi connectivity index (χ1) is 14.9. The highest BCUT2D eigenvalue weighted by Gasteiger charge is 2.24. The van der Waals surface area contributed by atoms with Crippen LogP contribution >= 0.6 is 0 Å². The van der Waals surface area contributed by atoms with Gasteiger partial charge in [0.15, 0.2) is 0 Å². The summed E-state index contributed by atoms with van der Waals surface area (Å²) in [6.45, 7) is 1.31. The fraction of sp³-hybridized carbons (Fsp3) is 0.261. The molecule has 0 bridgehead atoms. The number of rotatable bonds is 6. The highest BCUT2D eigenvalue weighted by Crippen LogP contribution is 2.32. The van der Waals surface area contributed by atoms with E-state index in [1.807, 2.05) is 42.5 Å². The molecule has 3 aromatic rings. The maximum Gasteiger partial charge on any atom is 0.212 e. The summed E-state index contributed by atoms with van der Waals surface area (Å²) in [5.41, 5.74) is 13.1. The fourth-order valence-electron chi connectivity index (χ4n) is 3.90. The van der Waals surface area contributed by atoms with Crippen molar-refractivity contribution in [2.24, 2.45) is 5.73 Å². The topological polar surface area (TPSA) is 97.5 Å². The van der Waals surface area contributed by atoms with Crippen LogP contribution in [0.15, 0.2) is 54.7 Å². The van der Waals surface area contributed by atoms with Gasteiger partial charge in [-0.25, -0.2) is 13.4 Å². The zero-order chi connectivity index (χ0) is 22.0. The first-order valence-electron chi connectivity index (χ1n) is 10.1. The van der Waals surface area contributed by atoms with Crippen molar-refractivity contribution in [3.8, 4) is 17.0 Å². The van der Waals surface area contributed by atoms with Crippen LogP contribution in [0.1, 0.15) is 16.7 Å². The number of methoxy groups -OCH3 is 1. The molecule has 2 aromatic carbocycles. The van der Waals surface area contributed by atoms with Crippen molar-refractivity contribution in [2.75, 3.05) is 25.2 Å². The summed E-state index contributed by atoms with van der Waals surface area (Å²) in [4.78, 5) is 4.31. The van der Waals surface area contributed by atoms with E-state index >= 15 is 0 Å². The van der Waals surface area contributed by atoms with Gasteiger partial charge in [-0.05, 0) is 52.9 Å². The fourth-order valence-corrected chi connectivity index (χ4v) is 4.70. The van der Waals surface area contributed by atoms with Crippen molar-refractivity contribution in [2.45, 2.75) is 19.5 Å². The molecular weight excluding hydrogens is 412 g/mol. The normalized spacial score (nSPS) is 14.2. The quantitative estimate of drug-likeness (QED) is 0.613. The maximum atomic E-state index is 11.9. The molecule has 162 valence electrons. The molecule has 2 heterocycles. The monoisotopic (exact) mass is 438 g/mol. The molecule has 31 heavy (non-hydrogen) atoms. The van der Waals surface area contributed by atoms with Crippen molar-refractivity contribution in [1.82, 2.24) is 9.29 Å². The van der Waals surface area contributed by atoms with Gasteiger partial charge in [0.05, 0.1) is 13.4 Å². The average molecular weight is 439 g/mol. The lowest BCUT2D eigenvalue weighted by Gasteiger charge is -2.28. The van der Waals surface area contributed by atoms with Gasteiger partial charge in [0.1, 0.15) is 0 Å². The van der Waals surface area contributed by atoms with Crippen LogP contribution in [-0.2, 0) is 29.5 Å². The Morgan fingerprint density at radius 2 is 2.03 bits per heavy atom. The van der Waals surface area contributed by atoms with E-state index in [4.69, 9.17) is 10.5 Å². The Labute approximate surface area is 182 Å². The smallest absolute Gasteiger partial charge is 0.212 e. The number of fused-ring (bicyclic) bond motifs is 1. The number of pyridine rings is 1. The second-order valence-electron chi connectivity index (χ2n) is 7.58. The lowest BCUT2D eigenvalue weighted by molar-refractivity contribution is 0.395. The molecule has 0 saturated carbocycles. The molecule has 0 atom stereocenters. The van der Waals surface area contributed by atoms with Gasteiger partial charge in [0.2, 0.25) is 15.9 Å². The predicted octanol–water partition coefficient (Wildman–Crippen LogP) is 3.28. The van der Waals surface area contributed by atoms with Crippen molar-refractivity contribution < 1.29 is 13.2 Å². The lowest BCUT2D eigenvalue weighted by Crippen LogP contribution is -2.35. The van der Waals surface area contributed by atoms with E-state index < -0.39 is 10.0 Å². The van der Waals surface area contributed by atoms with Crippen LogP contribution in [0, 0.1) is 0 Å². The summed E-state index contributed by atoms with van der Waals surface area (Å²) in [5.74, 6) is 0.561. The van der Waals surface area contributed by atoms with Gasteiger partial charge < -0.3 is 15.8 Å². The number of nitrogens with zero attached hydrogens (tertiary/aromatic N) is 2. The van der Waals surface area contributed by atoms with Gasteiger partial charge in [0.25, 0.3) is 0 Å². The van der Waals surface area contributed by atoms with Gasteiger partial charge in [-0.15, -0.1) is 0 Å². The molecule has 0 aliphatic carbocycles. The Hall–Kier alpha value is -2.94. The molecule has 8 heteroatoms. The lowest BCUT2D eigenvalue weighted by atomic mass is 9.98. The van der Waals surface area contributed by atoms with Crippen molar-refractivity contribution >= 4 is 21.4 Å². The second kappa shape index (κ2) is 8.66. The van der Waals surface area contributed by atoms with E-state index in [1.54, 1.807) is 13.3 Å². The Kier molecular flexibility index (Phi) is 5.95. The van der Waals surface area contributed by atoms with Crippen LogP contribution in [0.3, 0.4) is 0 Å². The largest absolute Gasteiger partial charge is 0.481 e. The summed E-state index contributed by atoms with van der Waals surface area (Å²) >= 11 is 0. The first-order valence-corrected chi connectivity index (χ1v) is 11.9. The molecule has 1 aliphatic heterocycles. The summed E-state index contributed by atoms with van der Waals surface area (Å²) in [5, 5.41) is 3.52. The number of sulfonamides is 1. The van der Waals surface area contributed by atoms with Crippen LogP contribution in [0.25, 0.3) is 11.1 Å². The SMILES string of the molecule is COc1ccc(-c2cc(Nc3cccc4c3CCN(S(C)(=O)=O)C4)ccc2CN)cn1. The maximum absolute atomic E-state index is 11.9. The molecule has 0 unspecified atom stereocenters. The van der Waals surface area contributed by atoms with Crippen LogP contribution in [0.2, 0.25) is 0 Å². The number of ether oxygens (including phenoxy) is 1. The third-order valence-corrected chi connectivity index (χ3v) is 6.81. The molecule has 0 spiro atoms. The van der Waals surface area contributed by atoms with E-state index in [2.05, 4.69) is 16.4 Å². The van der Waals surface area contributed by atoms with Gasteiger partial charge in [0, 0.05) is 48.8 Å². The predicted molar refractivity (Wildman–Crippen MR) is 123 cm³/mol. The van der Waals surface area contributed by atoms with Crippen LogP contribution in [0.4, 0.5) is 11.4 Å². The van der Waals surface area contributed by atoms with Crippen molar-refractivity contribution in [1.29, 1.82) is 0 Å². The zero-order valence-electron chi connectivity index (χ0n) is 17.6. The van der Waals surface area contributed by atoms with Crippen LogP contribution in [-0.4, -0.2) is 37.6 Å². The Balaban J connectivity index is 1.65.